The summed E-state index contributed by atoms with van der Waals surface area (Å²) in [6.07, 6.45) is 0. The molecule has 0 aliphatic carbocycles. The Kier molecular flexibility index (Phi) is 8.25. The molecule has 8 aromatic rings. The quantitative estimate of drug-likeness (QED) is 0.142. The van der Waals surface area contributed by atoms with Gasteiger partial charge < -0.3 is 19.3 Å². The monoisotopic (exact) mass is 915 g/mol. The van der Waals surface area contributed by atoms with Gasteiger partial charge in [0.05, 0.1) is 0 Å². The molecule has 8 aromatic carbocycles. The smallest absolute Gasteiger partial charge is 0.457 e. The minimum atomic E-state index is -0.820. The number of nitrogens with zero attached hydrogens (tertiary/aromatic N) is 2. The van der Waals surface area contributed by atoms with Gasteiger partial charge in [-0.05, 0) is 36.4 Å². The number of anilines is 2. The topological polar surface area (TPSA) is 24.9 Å². The molecule has 57 heavy (non-hydrogen) atoms. The molecule has 0 amide bonds. The van der Waals surface area contributed by atoms with Crippen LogP contribution in [0.25, 0.3) is 22.3 Å². The standard InChI is InChI=1S/C52H36N2O2.Pt/c1-53-45-27-9-3-21-39(45)35-17-16-20-38(34-35)52(43-25-7-13-31-49(43)56-50-32-14-8-26-44(50)52)54(2)46-28-10-4-22-40(46)36-18-15-19-37(33-36)51(53)41-23-5-11-29-47(41)55-48-30-12-6-24-42(48)51;/h3-32H,1-2H3;/q-2;+4. The van der Waals surface area contributed by atoms with E-state index in [1.807, 2.05) is 24.3 Å². The molecule has 5 heteroatoms. The van der Waals surface area contributed by atoms with Gasteiger partial charge in [0.15, 0.2) is 0 Å². The molecule has 4 bridgehead atoms. The summed E-state index contributed by atoms with van der Waals surface area (Å²) in [7, 11) is 4.42. The predicted octanol–water partition coefficient (Wildman–Crippen LogP) is 12.0. The fourth-order valence-electron chi connectivity index (χ4n) is 9.63. The van der Waals surface area contributed by atoms with Gasteiger partial charge in [0.25, 0.3) is 0 Å². The number of fused-ring (bicyclic) bond motifs is 18. The average Bonchev–Trinajstić information content (AvgIpc) is 3.26. The van der Waals surface area contributed by atoms with E-state index >= 15 is 0 Å². The van der Waals surface area contributed by atoms with Crippen LogP contribution in [-0.2, 0) is 32.1 Å². The number of hydrogen-bond donors (Lipinski definition) is 0. The summed E-state index contributed by atoms with van der Waals surface area (Å²) < 4.78 is 13.4. The molecule has 2 spiro atoms. The van der Waals surface area contributed by atoms with Crippen LogP contribution in [0.1, 0.15) is 33.4 Å². The third-order valence-corrected chi connectivity index (χ3v) is 12.0. The molecule has 0 radical (unpaired) electrons. The van der Waals surface area contributed by atoms with Crippen molar-refractivity contribution in [3.05, 3.63) is 228 Å². The Morgan fingerprint density at radius 1 is 0.368 bits per heavy atom. The van der Waals surface area contributed by atoms with Crippen LogP contribution in [0.5, 0.6) is 23.0 Å². The van der Waals surface area contributed by atoms with Gasteiger partial charge in [-0.1, -0.05) is 131 Å². The van der Waals surface area contributed by atoms with Crippen LogP contribution in [0.4, 0.5) is 11.4 Å². The molecular weight excluding hydrogens is 880 g/mol. The molecule has 0 fully saturated rings. The summed E-state index contributed by atoms with van der Waals surface area (Å²) in [5.74, 6) is 3.29. The predicted molar refractivity (Wildman–Crippen MR) is 224 cm³/mol. The SMILES string of the molecule is CN1c2ccccc2-c2[c-]c(ccc2)C2(c3ccccc3Oc3ccccc32)N(C)c2ccccc2-c2[c-]c(ccc2)C12c1ccccc1Oc1ccccc12.[Pt+4]. The molecule has 0 aromatic heterocycles. The van der Waals surface area contributed by atoms with E-state index in [1.54, 1.807) is 0 Å². The van der Waals surface area contributed by atoms with E-state index in [-0.39, 0.29) is 21.1 Å². The van der Waals surface area contributed by atoms with E-state index in [0.29, 0.717) is 0 Å². The van der Waals surface area contributed by atoms with Crippen molar-refractivity contribution < 1.29 is 30.5 Å². The summed E-state index contributed by atoms with van der Waals surface area (Å²) in [5, 5.41) is 0. The normalized spacial score (nSPS) is 14.8. The van der Waals surface area contributed by atoms with E-state index < -0.39 is 11.1 Å². The third-order valence-electron chi connectivity index (χ3n) is 12.0. The second-order valence-electron chi connectivity index (χ2n) is 14.7. The Morgan fingerprint density at radius 3 is 1.05 bits per heavy atom. The van der Waals surface area contributed by atoms with Crippen molar-refractivity contribution >= 4 is 11.4 Å². The summed E-state index contributed by atoms with van der Waals surface area (Å²) >= 11 is 0. The first-order valence-electron chi connectivity index (χ1n) is 19.1. The van der Waals surface area contributed by atoms with Crippen LogP contribution in [-0.4, -0.2) is 14.1 Å². The molecule has 0 N–H and O–H groups in total. The zero-order chi connectivity index (χ0) is 37.4. The first-order chi connectivity index (χ1) is 27.6. The maximum Gasteiger partial charge on any atom is 4.00 e. The van der Waals surface area contributed by atoms with Crippen molar-refractivity contribution in [2.75, 3.05) is 23.9 Å². The van der Waals surface area contributed by atoms with Crippen molar-refractivity contribution in [1.29, 1.82) is 0 Å². The van der Waals surface area contributed by atoms with Gasteiger partial charge in [-0.2, -0.15) is 0 Å². The van der Waals surface area contributed by atoms with Gasteiger partial charge in [0.1, 0.15) is 34.1 Å². The Labute approximate surface area is 347 Å². The molecule has 274 valence electrons. The summed E-state index contributed by atoms with van der Waals surface area (Å²) in [4.78, 5) is 4.86. The van der Waals surface area contributed by atoms with Crippen molar-refractivity contribution in [2.24, 2.45) is 0 Å². The van der Waals surface area contributed by atoms with Crippen molar-refractivity contribution in [1.82, 2.24) is 0 Å². The molecule has 3 heterocycles. The van der Waals surface area contributed by atoms with Gasteiger partial charge in [-0.3, -0.25) is 0 Å². The molecule has 11 rings (SSSR count). The summed E-state index contributed by atoms with van der Waals surface area (Å²) in [6, 6.07) is 72.4. The van der Waals surface area contributed by atoms with Gasteiger partial charge in [0, 0.05) is 47.7 Å². The first kappa shape index (κ1) is 35.1. The minimum absolute atomic E-state index is 0. The van der Waals surface area contributed by atoms with Crippen LogP contribution in [0.15, 0.2) is 182 Å². The largest absolute Gasteiger partial charge is 4.00 e. The molecule has 0 saturated heterocycles. The number of ether oxygens (including phenoxy) is 2. The van der Waals surface area contributed by atoms with Crippen LogP contribution < -0.4 is 19.3 Å². The zero-order valence-corrected chi connectivity index (χ0v) is 33.6. The van der Waals surface area contributed by atoms with Gasteiger partial charge in [0.2, 0.25) is 0 Å². The molecular formula is C52H36N2O2Pt+2. The number of rotatable bonds is 0. The molecule has 0 unspecified atom stereocenters. The number of benzene rings is 8. The maximum absolute atomic E-state index is 6.69. The molecule has 0 atom stereocenters. The van der Waals surface area contributed by atoms with Crippen LogP contribution in [0.2, 0.25) is 0 Å². The van der Waals surface area contributed by atoms with Gasteiger partial charge in [-0.15, -0.1) is 59.7 Å². The van der Waals surface area contributed by atoms with E-state index in [0.717, 1.165) is 90.0 Å². The minimum Gasteiger partial charge on any atom is -0.457 e. The van der Waals surface area contributed by atoms with Crippen LogP contribution in [0, 0.1) is 12.1 Å². The second kappa shape index (κ2) is 13.4. The zero-order valence-electron chi connectivity index (χ0n) is 31.3. The van der Waals surface area contributed by atoms with Gasteiger partial charge >= 0.3 is 21.1 Å². The van der Waals surface area contributed by atoms with E-state index in [9.17, 15) is 0 Å². The van der Waals surface area contributed by atoms with E-state index in [4.69, 9.17) is 9.47 Å². The number of hydrogen-bond acceptors (Lipinski definition) is 4. The Morgan fingerprint density at radius 2 is 0.684 bits per heavy atom. The van der Waals surface area contributed by atoms with Crippen molar-refractivity contribution in [3.8, 4) is 45.3 Å². The Hall–Kier alpha value is -6.35. The molecule has 4 nitrogen and oxygen atoms in total. The maximum atomic E-state index is 6.69. The number of para-hydroxylation sites is 6. The fraction of sp³-hybridized carbons (Fsp3) is 0.0769. The fourth-order valence-corrected chi connectivity index (χ4v) is 9.63. The average molecular weight is 916 g/mol. The van der Waals surface area contributed by atoms with Crippen molar-refractivity contribution in [2.45, 2.75) is 11.1 Å². The third kappa shape index (κ3) is 4.90. The van der Waals surface area contributed by atoms with Crippen molar-refractivity contribution in [3.63, 3.8) is 0 Å². The first-order valence-corrected chi connectivity index (χ1v) is 19.1. The van der Waals surface area contributed by atoms with Gasteiger partial charge in [-0.25, -0.2) is 0 Å². The summed E-state index contributed by atoms with van der Waals surface area (Å²) in [5.41, 5.74) is 10.8. The van der Waals surface area contributed by atoms with Crippen LogP contribution >= 0.6 is 0 Å². The molecule has 3 aliphatic heterocycles. The summed E-state index contributed by atoms with van der Waals surface area (Å²) in [6.45, 7) is 0. The molecule has 0 saturated carbocycles. The Balaban J connectivity index is 0.00000396. The second-order valence-corrected chi connectivity index (χ2v) is 14.7. The van der Waals surface area contributed by atoms with E-state index in [2.05, 4.69) is 194 Å². The van der Waals surface area contributed by atoms with E-state index in [1.165, 1.54) is 0 Å². The van der Waals surface area contributed by atoms with Crippen LogP contribution in [0.3, 0.4) is 0 Å². The molecule has 3 aliphatic rings. The Bertz CT molecular complexity index is 2560.